The van der Waals surface area contributed by atoms with Crippen LogP contribution in [0.5, 0.6) is 0 Å². The van der Waals surface area contributed by atoms with Gasteiger partial charge in [0.05, 0.1) is 0 Å². The van der Waals surface area contributed by atoms with Crippen molar-refractivity contribution in [2.75, 3.05) is 0 Å². The molecule has 0 aromatic carbocycles. The van der Waals surface area contributed by atoms with Crippen LogP contribution in [0.2, 0.25) is 0 Å². The van der Waals surface area contributed by atoms with E-state index in [1.807, 2.05) is 27.7 Å². The summed E-state index contributed by atoms with van der Waals surface area (Å²) in [7, 11) is 0. The van der Waals surface area contributed by atoms with Crippen molar-refractivity contribution in [3.63, 3.8) is 0 Å². The Morgan fingerprint density at radius 2 is 1.38 bits per heavy atom. The average molecular weight is 244 g/mol. The van der Waals surface area contributed by atoms with Gasteiger partial charge in [0.2, 0.25) is 0 Å². The zero-order valence-corrected chi connectivity index (χ0v) is 12.2. The molecule has 4 heteroatoms. The third kappa shape index (κ3) is 6.22. The maximum absolute atomic E-state index is 6.01. The first kappa shape index (κ1) is 14.5. The Hall–Kier alpha value is 0.412. The molecule has 1 rings (SSSR count). The number of hydrogen-bond donors (Lipinski definition) is 0. The van der Waals surface area contributed by atoms with E-state index in [1.54, 1.807) is 0 Å². The molecule has 16 heavy (non-hydrogen) atoms. The molecule has 0 aromatic rings. The van der Waals surface area contributed by atoms with E-state index in [2.05, 4.69) is 0 Å². The van der Waals surface area contributed by atoms with Gasteiger partial charge in [0.15, 0.2) is 0 Å². The third-order valence-corrected chi connectivity index (χ3v) is 4.76. The van der Waals surface area contributed by atoms with E-state index in [-0.39, 0.29) is 12.2 Å². The van der Waals surface area contributed by atoms with Crippen molar-refractivity contribution in [3.05, 3.63) is 0 Å². The summed E-state index contributed by atoms with van der Waals surface area (Å²) in [6.07, 6.45) is 7.03. The van der Waals surface area contributed by atoms with Gasteiger partial charge in [-0.1, -0.05) is 19.3 Å². The molecule has 0 unspecified atom stereocenters. The highest BCUT2D eigenvalue weighted by Crippen LogP contribution is 2.21. The first-order chi connectivity index (χ1) is 7.58. The topological polar surface area (TPSA) is 27.7 Å². The fourth-order valence-electron chi connectivity index (χ4n) is 1.90. The van der Waals surface area contributed by atoms with Crippen molar-refractivity contribution >= 4 is 15.1 Å². The van der Waals surface area contributed by atoms with Gasteiger partial charge in [-0.3, -0.25) is 0 Å². The van der Waals surface area contributed by atoms with Crippen LogP contribution in [0.4, 0.5) is 0 Å². The summed E-state index contributed by atoms with van der Waals surface area (Å²) in [5, 5.41) is 0. The van der Waals surface area contributed by atoms with Crippen LogP contribution < -0.4 is 0 Å². The SMILES string of the molecule is CC(C)[O][Al]([O]C(C)C)[O]C1CCCCC1. The van der Waals surface area contributed by atoms with E-state index < -0.39 is 15.1 Å². The molecule has 0 N–H and O–H groups in total. The first-order valence-corrected chi connectivity index (χ1v) is 7.95. The van der Waals surface area contributed by atoms with E-state index >= 15 is 0 Å². The third-order valence-electron chi connectivity index (χ3n) is 2.62. The summed E-state index contributed by atoms with van der Waals surface area (Å²) in [6, 6.07) is 0. The number of hydrogen-bond acceptors (Lipinski definition) is 3. The lowest BCUT2D eigenvalue weighted by Gasteiger charge is -2.26. The Labute approximate surface area is 105 Å². The van der Waals surface area contributed by atoms with Crippen LogP contribution in [-0.4, -0.2) is 33.5 Å². The molecule has 0 saturated heterocycles. The van der Waals surface area contributed by atoms with Crippen molar-refractivity contribution in [2.24, 2.45) is 0 Å². The molecule has 0 aliphatic heterocycles. The second-order valence-corrected chi connectivity index (χ2v) is 6.45. The normalized spacial score (nSPS) is 18.4. The molecule has 3 nitrogen and oxygen atoms in total. The lowest BCUT2D eigenvalue weighted by molar-refractivity contribution is 0.0136. The Balaban J connectivity index is 2.35. The van der Waals surface area contributed by atoms with Crippen molar-refractivity contribution in [1.82, 2.24) is 0 Å². The van der Waals surface area contributed by atoms with Crippen molar-refractivity contribution in [3.8, 4) is 0 Å². The molecule has 94 valence electrons. The molecule has 0 atom stereocenters. The van der Waals surface area contributed by atoms with Crippen LogP contribution in [0, 0.1) is 0 Å². The second-order valence-electron chi connectivity index (χ2n) is 5.05. The lowest BCUT2D eigenvalue weighted by Crippen LogP contribution is -2.37. The molecule has 1 fully saturated rings. The molecule has 0 heterocycles. The number of rotatable bonds is 6. The highest BCUT2D eigenvalue weighted by atomic mass is 27.3. The Morgan fingerprint density at radius 1 is 0.875 bits per heavy atom. The van der Waals surface area contributed by atoms with Crippen molar-refractivity contribution < 1.29 is 11.4 Å². The van der Waals surface area contributed by atoms with E-state index in [0.717, 1.165) is 0 Å². The van der Waals surface area contributed by atoms with E-state index in [0.29, 0.717) is 6.10 Å². The van der Waals surface area contributed by atoms with Gasteiger partial charge in [0.1, 0.15) is 0 Å². The molecular weight excluding hydrogens is 219 g/mol. The predicted molar refractivity (Wildman–Crippen MR) is 66.2 cm³/mol. The molecule has 0 amide bonds. The summed E-state index contributed by atoms with van der Waals surface area (Å²) < 4.78 is 17.5. The molecule has 1 aliphatic carbocycles. The summed E-state index contributed by atoms with van der Waals surface area (Å²) >= 11 is -1.92. The van der Waals surface area contributed by atoms with Gasteiger partial charge in [-0.05, 0) is 40.5 Å². The Morgan fingerprint density at radius 3 is 1.81 bits per heavy atom. The molecule has 0 radical (unpaired) electrons. The maximum Gasteiger partial charge on any atom is 0.906 e. The van der Waals surface area contributed by atoms with Gasteiger partial charge in [0, 0.05) is 18.3 Å². The van der Waals surface area contributed by atoms with E-state index in [9.17, 15) is 0 Å². The average Bonchev–Trinajstić information content (AvgIpc) is 2.16. The summed E-state index contributed by atoms with van der Waals surface area (Å²) in [5.74, 6) is 0. The molecular formula is C12H25AlO3. The lowest BCUT2D eigenvalue weighted by atomic mass is 9.98. The van der Waals surface area contributed by atoms with Crippen molar-refractivity contribution in [2.45, 2.75) is 78.1 Å². The second kappa shape index (κ2) is 7.68. The highest BCUT2D eigenvalue weighted by Gasteiger charge is 2.36. The fourth-order valence-corrected chi connectivity index (χ4v) is 3.57. The van der Waals surface area contributed by atoms with Gasteiger partial charge >= 0.3 is 15.1 Å². The van der Waals surface area contributed by atoms with Crippen molar-refractivity contribution in [1.29, 1.82) is 0 Å². The zero-order valence-electron chi connectivity index (χ0n) is 11.1. The van der Waals surface area contributed by atoms with Crippen LogP contribution >= 0.6 is 0 Å². The standard InChI is InChI=1S/C6H11O.2C3H7O.Al/c7-6-4-2-1-3-5-6;2*1-3(2)4;/h6H,1-5H2;2*3H,1-2H3;/q3*-1;+3. The van der Waals surface area contributed by atoms with Crippen LogP contribution in [0.15, 0.2) is 0 Å². The van der Waals surface area contributed by atoms with Crippen LogP contribution in [0.1, 0.15) is 59.8 Å². The monoisotopic (exact) mass is 244 g/mol. The van der Waals surface area contributed by atoms with E-state index in [1.165, 1.54) is 32.1 Å². The smallest absolute Gasteiger partial charge is 0.452 e. The van der Waals surface area contributed by atoms with Gasteiger partial charge in [0.25, 0.3) is 0 Å². The van der Waals surface area contributed by atoms with Crippen LogP contribution in [0.25, 0.3) is 0 Å². The minimum absolute atomic E-state index is 0.194. The maximum atomic E-state index is 6.01. The van der Waals surface area contributed by atoms with Crippen LogP contribution in [-0.2, 0) is 11.4 Å². The molecule has 1 saturated carbocycles. The predicted octanol–water partition coefficient (Wildman–Crippen LogP) is 3.17. The summed E-state index contributed by atoms with van der Waals surface area (Å²) in [5.41, 5.74) is 0. The largest absolute Gasteiger partial charge is 0.906 e. The Kier molecular flexibility index (Phi) is 6.95. The van der Waals surface area contributed by atoms with Gasteiger partial charge in [-0.2, -0.15) is 0 Å². The van der Waals surface area contributed by atoms with E-state index in [4.69, 9.17) is 11.4 Å². The quantitative estimate of drug-likeness (QED) is 0.672. The first-order valence-electron chi connectivity index (χ1n) is 6.54. The highest BCUT2D eigenvalue weighted by molar-refractivity contribution is 6.36. The van der Waals surface area contributed by atoms with Gasteiger partial charge < -0.3 is 11.4 Å². The molecule has 0 bridgehead atoms. The van der Waals surface area contributed by atoms with Gasteiger partial charge in [-0.25, -0.2) is 0 Å². The molecule has 0 aromatic heterocycles. The summed E-state index contributed by atoms with van der Waals surface area (Å²) in [4.78, 5) is 0. The molecule has 1 aliphatic rings. The fraction of sp³-hybridized carbons (Fsp3) is 1.00. The van der Waals surface area contributed by atoms with Crippen LogP contribution in [0.3, 0.4) is 0 Å². The molecule has 0 spiro atoms. The minimum Gasteiger partial charge on any atom is -0.452 e. The van der Waals surface area contributed by atoms with Gasteiger partial charge in [-0.15, -0.1) is 0 Å². The minimum atomic E-state index is -1.92. The summed E-state index contributed by atoms with van der Waals surface area (Å²) in [6.45, 7) is 8.14. The Bertz CT molecular complexity index is 169. The zero-order chi connectivity index (χ0) is 12.0.